The molecule has 3 N–H and O–H groups in total. The van der Waals surface area contributed by atoms with Crippen molar-refractivity contribution in [3.8, 4) is 11.1 Å². The molecule has 1 saturated carbocycles. The molecule has 0 atom stereocenters. The zero-order valence-electron chi connectivity index (χ0n) is 19.1. The number of pyridine rings is 1. The molecule has 1 aliphatic heterocycles. The highest BCUT2D eigenvalue weighted by Crippen LogP contribution is 2.27. The molecule has 2 amide bonds. The van der Waals surface area contributed by atoms with Crippen LogP contribution in [0.2, 0.25) is 0 Å². The molecule has 1 aliphatic carbocycles. The van der Waals surface area contributed by atoms with Crippen molar-refractivity contribution in [3.63, 3.8) is 0 Å². The van der Waals surface area contributed by atoms with E-state index in [1.54, 1.807) is 24.5 Å². The molecule has 0 spiro atoms. The molecular weight excluding hydrogens is 460 g/mol. The molecule has 2 aliphatic rings. The summed E-state index contributed by atoms with van der Waals surface area (Å²) in [6.07, 6.45) is 11.1. The van der Waals surface area contributed by atoms with E-state index in [1.807, 2.05) is 12.3 Å². The summed E-state index contributed by atoms with van der Waals surface area (Å²) in [5, 5.41) is 9.06. The number of imide groups is 1. The number of carbonyl (C=O) groups is 2. The monoisotopic (exact) mass is 486 g/mol. The SMILES string of the molecule is O=C1NC(=O)C(=Cc2ccnc(N[C@H]3CC[C@H](NCc4ccccc4-c4cccnc4)CC3)n2)S1. The third kappa shape index (κ3) is 5.93. The van der Waals surface area contributed by atoms with E-state index in [0.717, 1.165) is 49.6 Å². The van der Waals surface area contributed by atoms with E-state index in [9.17, 15) is 9.59 Å². The van der Waals surface area contributed by atoms with Crippen molar-refractivity contribution in [3.05, 3.63) is 77.2 Å². The number of nitrogens with one attached hydrogen (secondary N) is 3. The van der Waals surface area contributed by atoms with Crippen LogP contribution in [0.5, 0.6) is 0 Å². The van der Waals surface area contributed by atoms with E-state index >= 15 is 0 Å². The minimum atomic E-state index is -0.387. The molecular formula is C26H26N6O2S. The summed E-state index contributed by atoms with van der Waals surface area (Å²) in [6.45, 7) is 0.821. The van der Waals surface area contributed by atoms with E-state index in [4.69, 9.17) is 0 Å². The van der Waals surface area contributed by atoms with E-state index in [-0.39, 0.29) is 11.1 Å². The van der Waals surface area contributed by atoms with Gasteiger partial charge in [0.05, 0.1) is 10.6 Å². The maximum Gasteiger partial charge on any atom is 0.290 e. The van der Waals surface area contributed by atoms with Gasteiger partial charge in [-0.1, -0.05) is 30.3 Å². The molecule has 0 radical (unpaired) electrons. The third-order valence-corrected chi connectivity index (χ3v) is 7.04. The van der Waals surface area contributed by atoms with Crippen molar-refractivity contribution in [2.24, 2.45) is 0 Å². The van der Waals surface area contributed by atoms with Crippen LogP contribution in [-0.4, -0.2) is 38.2 Å². The number of hydrogen-bond donors (Lipinski definition) is 3. The molecule has 3 aromatic rings. The van der Waals surface area contributed by atoms with Crippen molar-refractivity contribution < 1.29 is 9.59 Å². The number of nitrogens with zero attached hydrogens (tertiary/aromatic N) is 3. The molecule has 2 fully saturated rings. The summed E-state index contributed by atoms with van der Waals surface area (Å²) in [6, 6.07) is 15.0. The summed E-state index contributed by atoms with van der Waals surface area (Å²) >= 11 is 0.883. The van der Waals surface area contributed by atoms with Crippen molar-refractivity contribution in [2.75, 3.05) is 5.32 Å². The van der Waals surface area contributed by atoms with Gasteiger partial charge >= 0.3 is 0 Å². The number of carbonyl (C=O) groups excluding carboxylic acids is 2. The topological polar surface area (TPSA) is 109 Å². The number of rotatable bonds is 7. The van der Waals surface area contributed by atoms with Crippen molar-refractivity contribution >= 4 is 34.9 Å². The lowest BCUT2D eigenvalue weighted by Gasteiger charge is -2.30. The first-order valence-electron chi connectivity index (χ1n) is 11.7. The van der Waals surface area contributed by atoms with Gasteiger partial charge in [-0.25, -0.2) is 9.97 Å². The first-order chi connectivity index (χ1) is 17.1. The minimum Gasteiger partial charge on any atom is -0.351 e. The molecule has 5 rings (SSSR count). The lowest BCUT2D eigenvalue weighted by molar-refractivity contribution is -0.115. The predicted molar refractivity (Wildman–Crippen MR) is 137 cm³/mol. The zero-order chi connectivity index (χ0) is 24.0. The summed E-state index contributed by atoms with van der Waals surface area (Å²) in [5.74, 6) is 0.151. The second-order valence-electron chi connectivity index (χ2n) is 8.63. The van der Waals surface area contributed by atoms with Gasteiger partial charge in [-0.05, 0) is 66.8 Å². The Hall–Kier alpha value is -3.56. The Morgan fingerprint density at radius 1 is 1.00 bits per heavy atom. The maximum atomic E-state index is 11.8. The molecule has 2 aromatic heterocycles. The van der Waals surface area contributed by atoms with Crippen molar-refractivity contribution in [2.45, 2.75) is 44.3 Å². The molecule has 0 bridgehead atoms. The van der Waals surface area contributed by atoms with Gasteiger partial charge in [-0.15, -0.1) is 0 Å². The Bertz CT molecular complexity index is 1240. The Balaban J connectivity index is 1.14. The second-order valence-corrected chi connectivity index (χ2v) is 9.64. The van der Waals surface area contributed by atoms with Crippen LogP contribution in [0.1, 0.15) is 36.9 Å². The van der Waals surface area contributed by atoms with E-state index in [1.165, 1.54) is 11.1 Å². The molecule has 0 unspecified atom stereocenters. The van der Waals surface area contributed by atoms with E-state index in [0.29, 0.717) is 28.6 Å². The first kappa shape index (κ1) is 23.2. The molecule has 8 nitrogen and oxygen atoms in total. The van der Waals surface area contributed by atoms with Crippen LogP contribution >= 0.6 is 11.8 Å². The van der Waals surface area contributed by atoms with Gasteiger partial charge in [0.15, 0.2) is 0 Å². The van der Waals surface area contributed by atoms with Crippen molar-refractivity contribution in [1.82, 2.24) is 25.6 Å². The molecule has 1 aromatic carbocycles. The normalized spacial score (nSPS) is 21.2. The van der Waals surface area contributed by atoms with Crippen LogP contribution in [0, 0.1) is 0 Å². The summed E-state index contributed by atoms with van der Waals surface area (Å²) in [4.78, 5) is 36.6. The second kappa shape index (κ2) is 10.8. The molecule has 178 valence electrons. The number of aromatic nitrogens is 3. The number of thioether (sulfide) groups is 1. The molecule has 1 saturated heterocycles. The average molecular weight is 487 g/mol. The van der Waals surface area contributed by atoms with Crippen LogP contribution in [0.15, 0.2) is 66.0 Å². The Kier molecular flexibility index (Phi) is 7.15. The van der Waals surface area contributed by atoms with Gasteiger partial charge in [0.2, 0.25) is 5.95 Å². The van der Waals surface area contributed by atoms with Crippen LogP contribution in [0.4, 0.5) is 10.7 Å². The maximum absolute atomic E-state index is 11.8. The quantitative estimate of drug-likeness (QED) is 0.422. The Morgan fingerprint density at radius 3 is 2.60 bits per heavy atom. The van der Waals surface area contributed by atoms with Crippen LogP contribution in [0.25, 0.3) is 17.2 Å². The van der Waals surface area contributed by atoms with Gasteiger partial charge in [-0.3, -0.25) is 19.9 Å². The number of anilines is 1. The fraction of sp³-hybridized carbons (Fsp3) is 0.269. The fourth-order valence-corrected chi connectivity index (χ4v) is 5.10. The number of benzene rings is 1. The summed E-state index contributed by atoms with van der Waals surface area (Å²) < 4.78 is 0. The lowest BCUT2D eigenvalue weighted by atomic mass is 9.91. The highest BCUT2D eigenvalue weighted by Gasteiger charge is 2.25. The van der Waals surface area contributed by atoms with Gasteiger partial charge in [0, 0.05) is 42.8 Å². The lowest BCUT2D eigenvalue weighted by Crippen LogP contribution is -2.37. The Morgan fingerprint density at radius 2 is 1.83 bits per heavy atom. The summed E-state index contributed by atoms with van der Waals surface area (Å²) in [7, 11) is 0. The van der Waals surface area contributed by atoms with Gasteiger partial charge in [0.25, 0.3) is 11.1 Å². The Labute approximate surface area is 208 Å². The fourth-order valence-electron chi connectivity index (χ4n) is 4.43. The first-order valence-corrected chi connectivity index (χ1v) is 12.5. The van der Waals surface area contributed by atoms with E-state index in [2.05, 4.69) is 61.2 Å². The van der Waals surface area contributed by atoms with Gasteiger partial charge in [0.1, 0.15) is 0 Å². The van der Waals surface area contributed by atoms with Crippen molar-refractivity contribution in [1.29, 1.82) is 0 Å². The minimum absolute atomic E-state index is 0.296. The molecule has 35 heavy (non-hydrogen) atoms. The zero-order valence-corrected chi connectivity index (χ0v) is 19.9. The number of hydrogen-bond acceptors (Lipinski definition) is 8. The van der Waals surface area contributed by atoms with Crippen LogP contribution < -0.4 is 16.0 Å². The molecule has 9 heteroatoms. The highest BCUT2D eigenvalue weighted by molar-refractivity contribution is 8.18. The summed E-state index contributed by atoms with van der Waals surface area (Å²) in [5.41, 5.74) is 4.22. The van der Waals surface area contributed by atoms with Gasteiger partial charge < -0.3 is 10.6 Å². The third-order valence-electron chi connectivity index (χ3n) is 6.23. The smallest absolute Gasteiger partial charge is 0.290 e. The van der Waals surface area contributed by atoms with Crippen LogP contribution in [0.3, 0.4) is 0 Å². The van der Waals surface area contributed by atoms with Crippen LogP contribution in [-0.2, 0) is 11.3 Å². The average Bonchev–Trinajstić information content (AvgIpc) is 3.20. The standard InChI is InChI=1S/C26H26N6O2S/c33-24-23(35-26(34)32-24)14-21-11-13-28-25(31-21)30-20-9-7-19(8-10-20)29-16-18-4-1-2-6-22(18)17-5-3-12-27-15-17/h1-6,11-15,19-20,29H,7-10,16H2,(H,28,30,31)(H,32,33,34)/t19-,20-. The van der Waals surface area contributed by atoms with E-state index < -0.39 is 0 Å². The molecule has 3 heterocycles. The number of amides is 2. The predicted octanol–water partition coefficient (Wildman–Crippen LogP) is 4.38. The highest BCUT2D eigenvalue weighted by atomic mass is 32.2. The van der Waals surface area contributed by atoms with Gasteiger partial charge in [-0.2, -0.15) is 0 Å². The largest absolute Gasteiger partial charge is 0.351 e.